The SMILES string of the molecule is Cc1sc(=O)n(Cc2cccc(C#CCCO)c2)c1C. The van der Waals surface area contributed by atoms with Crippen LogP contribution in [0.15, 0.2) is 29.1 Å². The number of benzene rings is 1. The van der Waals surface area contributed by atoms with Crippen LogP contribution >= 0.6 is 11.3 Å². The predicted octanol–water partition coefficient (Wildman–Crippen LogP) is 2.31. The Morgan fingerprint density at radius 1 is 1.35 bits per heavy atom. The van der Waals surface area contributed by atoms with Crippen molar-refractivity contribution < 1.29 is 5.11 Å². The Morgan fingerprint density at radius 3 is 2.80 bits per heavy atom. The maximum Gasteiger partial charge on any atom is 0.307 e. The van der Waals surface area contributed by atoms with Gasteiger partial charge < -0.3 is 5.11 Å². The van der Waals surface area contributed by atoms with Crippen molar-refractivity contribution in [2.75, 3.05) is 6.61 Å². The molecule has 0 aliphatic carbocycles. The average Bonchev–Trinajstić information content (AvgIpc) is 2.66. The number of aryl methyl sites for hydroxylation is 1. The van der Waals surface area contributed by atoms with E-state index in [1.165, 1.54) is 11.3 Å². The molecule has 0 amide bonds. The van der Waals surface area contributed by atoms with Gasteiger partial charge in [0.15, 0.2) is 0 Å². The molecule has 1 N–H and O–H groups in total. The molecular weight excluding hydrogens is 270 g/mol. The third kappa shape index (κ3) is 3.38. The van der Waals surface area contributed by atoms with Gasteiger partial charge in [-0.15, -0.1) is 0 Å². The molecule has 0 atom stereocenters. The van der Waals surface area contributed by atoms with E-state index in [4.69, 9.17) is 5.11 Å². The van der Waals surface area contributed by atoms with Crippen LogP contribution in [0.5, 0.6) is 0 Å². The van der Waals surface area contributed by atoms with Gasteiger partial charge in [-0.25, -0.2) is 0 Å². The number of thiazole rings is 1. The van der Waals surface area contributed by atoms with Crippen molar-refractivity contribution in [1.82, 2.24) is 4.57 Å². The Morgan fingerprint density at radius 2 is 2.15 bits per heavy atom. The summed E-state index contributed by atoms with van der Waals surface area (Å²) in [7, 11) is 0. The lowest BCUT2D eigenvalue weighted by molar-refractivity contribution is 0.305. The standard InChI is InChI=1S/C16H17NO2S/c1-12-13(2)20-16(19)17(12)11-15-8-5-7-14(10-15)6-3-4-9-18/h5,7-8,10,18H,4,9,11H2,1-2H3. The number of aliphatic hydroxyl groups is 1. The van der Waals surface area contributed by atoms with Gasteiger partial charge in [0, 0.05) is 22.6 Å². The van der Waals surface area contributed by atoms with Gasteiger partial charge in [-0.05, 0) is 31.5 Å². The van der Waals surface area contributed by atoms with Crippen molar-refractivity contribution in [1.29, 1.82) is 0 Å². The smallest absolute Gasteiger partial charge is 0.307 e. The molecule has 0 saturated carbocycles. The summed E-state index contributed by atoms with van der Waals surface area (Å²) in [5.74, 6) is 5.91. The number of aromatic nitrogens is 1. The summed E-state index contributed by atoms with van der Waals surface area (Å²) in [5, 5.41) is 8.72. The molecule has 0 fully saturated rings. The zero-order valence-electron chi connectivity index (χ0n) is 11.6. The van der Waals surface area contributed by atoms with E-state index >= 15 is 0 Å². The number of hydrogen-bond donors (Lipinski definition) is 1. The molecule has 2 rings (SSSR count). The van der Waals surface area contributed by atoms with Gasteiger partial charge in [0.1, 0.15) is 0 Å². The number of rotatable bonds is 3. The van der Waals surface area contributed by atoms with Crippen LogP contribution in [0.1, 0.15) is 28.1 Å². The lowest BCUT2D eigenvalue weighted by atomic mass is 10.1. The molecule has 0 unspecified atom stereocenters. The normalized spacial score (nSPS) is 10.2. The average molecular weight is 287 g/mol. The van der Waals surface area contributed by atoms with E-state index in [1.54, 1.807) is 4.57 Å². The Balaban J connectivity index is 2.24. The second-order valence-corrected chi connectivity index (χ2v) is 5.74. The van der Waals surface area contributed by atoms with E-state index in [9.17, 15) is 4.79 Å². The first-order chi connectivity index (χ1) is 9.61. The van der Waals surface area contributed by atoms with Crippen LogP contribution in [0.2, 0.25) is 0 Å². The second-order valence-electron chi connectivity index (χ2n) is 4.57. The molecule has 3 nitrogen and oxygen atoms in total. The topological polar surface area (TPSA) is 42.2 Å². The molecule has 1 heterocycles. The van der Waals surface area contributed by atoms with Crippen molar-refractivity contribution >= 4 is 11.3 Å². The van der Waals surface area contributed by atoms with Crippen molar-refractivity contribution in [2.45, 2.75) is 26.8 Å². The summed E-state index contributed by atoms with van der Waals surface area (Å²) < 4.78 is 1.79. The molecule has 0 saturated heterocycles. The third-order valence-corrected chi connectivity index (χ3v) is 4.11. The van der Waals surface area contributed by atoms with E-state index in [0.717, 1.165) is 21.7 Å². The summed E-state index contributed by atoms with van der Waals surface area (Å²) in [4.78, 5) is 13.0. The van der Waals surface area contributed by atoms with Crippen LogP contribution in [-0.2, 0) is 6.54 Å². The van der Waals surface area contributed by atoms with Crippen LogP contribution in [0, 0.1) is 25.7 Å². The molecule has 0 aliphatic rings. The fourth-order valence-corrected chi connectivity index (χ4v) is 2.75. The first-order valence-electron chi connectivity index (χ1n) is 6.47. The highest BCUT2D eigenvalue weighted by molar-refractivity contribution is 7.09. The van der Waals surface area contributed by atoms with Crippen LogP contribution < -0.4 is 4.87 Å². The number of aliphatic hydroxyl groups excluding tert-OH is 1. The van der Waals surface area contributed by atoms with Crippen LogP contribution in [0.25, 0.3) is 0 Å². The van der Waals surface area contributed by atoms with E-state index < -0.39 is 0 Å². The maximum atomic E-state index is 11.9. The Hall–Kier alpha value is -1.83. The first kappa shape index (κ1) is 14.6. The summed E-state index contributed by atoms with van der Waals surface area (Å²) in [6, 6.07) is 7.86. The Labute approximate surface area is 122 Å². The third-order valence-electron chi connectivity index (χ3n) is 3.11. The highest BCUT2D eigenvalue weighted by Crippen LogP contribution is 2.12. The van der Waals surface area contributed by atoms with Crippen molar-refractivity contribution in [3.8, 4) is 11.8 Å². The van der Waals surface area contributed by atoms with Crippen LogP contribution in [0.4, 0.5) is 0 Å². The monoisotopic (exact) mass is 287 g/mol. The summed E-state index contributed by atoms with van der Waals surface area (Å²) in [6.07, 6.45) is 0.479. The van der Waals surface area contributed by atoms with Crippen molar-refractivity contribution in [3.63, 3.8) is 0 Å². The minimum atomic E-state index is 0.0788. The van der Waals surface area contributed by atoms with Gasteiger partial charge in [0.25, 0.3) is 0 Å². The van der Waals surface area contributed by atoms with E-state index in [0.29, 0.717) is 13.0 Å². The molecule has 20 heavy (non-hydrogen) atoms. The molecule has 1 aromatic heterocycles. The summed E-state index contributed by atoms with van der Waals surface area (Å²) >= 11 is 1.29. The lowest BCUT2D eigenvalue weighted by Crippen LogP contribution is -2.15. The van der Waals surface area contributed by atoms with Crippen LogP contribution in [0.3, 0.4) is 0 Å². The first-order valence-corrected chi connectivity index (χ1v) is 7.29. The second kappa shape index (κ2) is 6.56. The maximum absolute atomic E-state index is 11.9. The molecule has 0 radical (unpaired) electrons. The van der Waals surface area contributed by atoms with E-state index in [2.05, 4.69) is 11.8 Å². The van der Waals surface area contributed by atoms with Gasteiger partial charge >= 0.3 is 4.87 Å². The van der Waals surface area contributed by atoms with E-state index in [-0.39, 0.29) is 11.5 Å². The highest BCUT2D eigenvalue weighted by atomic mass is 32.1. The molecule has 4 heteroatoms. The largest absolute Gasteiger partial charge is 0.395 e. The predicted molar refractivity (Wildman–Crippen MR) is 82.2 cm³/mol. The fraction of sp³-hybridized carbons (Fsp3) is 0.312. The summed E-state index contributed by atoms with van der Waals surface area (Å²) in [5.41, 5.74) is 2.99. The summed E-state index contributed by atoms with van der Waals surface area (Å²) in [6.45, 7) is 4.59. The molecule has 1 aromatic carbocycles. The minimum absolute atomic E-state index is 0.0788. The number of hydrogen-bond acceptors (Lipinski definition) is 3. The van der Waals surface area contributed by atoms with Gasteiger partial charge in [-0.1, -0.05) is 35.3 Å². The van der Waals surface area contributed by atoms with Gasteiger partial charge in [-0.3, -0.25) is 9.36 Å². The lowest BCUT2D eigenvalue weighted by Gasteiger charge is -2.05. The Bertz CT molecular complexity index is 716. The van der Waals surface area contributed by atoms with E-state index in [1.807, 2.05) is 38.1 Å². The van der Waals surface area contributed by atoms with Gasteiger partial charge in [0.05, 0.1) is 13.2 Å². The molecule has 0 aliphatic heterocycles. The molecule has 0 spiro atoms. The molecular formula is C16H17NO2S. The Kier molecular flexibility index (Phi) is 4.78. The molecule has 2 aromatic rings. The minimum Gasteiger partial charge on any atom is -0.395 e. The van der Waals surface area contributed by atoms with Crippen LogP contribution in [-0.4, -0.2) is 16.3 Å². The molecule has 104 valence electrons. The zero-order valence-corrected chi connectivity index (χ0v) is 12.5. The zero-order chi connectivity index (χ0) is 14.5. The number of nitrogens with zero attached hydrogens (tertiary/aromatic N) is 1. The fourth-order valence-electron chi connectivity index (χ4n) is 1.92. The highest BCUT2D eigenvalue weighted by Gasteiger charge is 2.07. The van der Waals surface area contributed by atoms with Gasteiger partial charge in [-0.2, -0.15) is 0 Å². The molecule has 0 bridgehead atoms. The quantitative estimate of drug-likeness (QED) is 0.880. The van der Waals surface area contributed by atoms with Gasteiger partial charge in [0.2, 0.25) is 0 Å². The van der Waals surface area contributed by atoms with Crippen molar-refractivity contribution in [2.24, 2.45) is 0 Å². The van der Waals surface area contributed by atoms with Crippen molar-refractivity contribution in [3.05, 3.63) is 55.6 Å².